The first kappa shape index (κ1) is 15.3. The second-order valence-corrected chi connectivity index (χ2v) is 4.83. The molecule has 0 atom stereocenters. The van der Waals surface area contributed by atoms with E-state index in [-0.39, 0.29) is 6.61 Å². The monoisotopic (exact) mass is 289 g/mol. The van der Waals surface area contributed by atoms with Crippen LogP contribution in [0.1, 0.15) is 24.8 Å². The van der Waals surface area contributed by atoms with E-state index in [1.54, 1.807) is 5.06 Å². The molecule has 0 aliphatic carbocycles. The Balaban J connectivity index is 1.69. The summed E-state index contributed by atoms with van der Waals surface area (Å²) in [6.07, 6.45) is 5.40. The van der Waals surface area contributed by atoms with Crippen molar-refractivity contribution in [2.45, 2.75) is 25.9 Å². The van der Waals surface area contributed by atoms with Crippen molar-refractivity contribution in [2.75, 3.05) is 13.1 Å². The number of esters is 1. The predicted molar refractivity (Wildman–Crippen MR) is 76.9 cm³/mol. The number of ether oxygens (including phenoxy) is 1. The summed E-state index contributed by atoms with van der Waals surface area (Å²) in [6, 6.07) is 9.36. The normalized spacial score (nSPS) is 15.8. The molecule has 1 aliphatic heterocycles. The Morgan fingerprint density at radius 3 is 2.38 bits per heavy atom. The molecule has 21 heavy (non-hydrogen) atoms. The van der Waals surface area contributed by atoms with E-state index in [9.17, 15) is 9.59 Å². The summed E-state index contributed by atoms with van der Waals surface area (Å²) in [4.78, 5) is 28.1. The molecule has 1 aromatic rings. The number of nitrogens with zero attached hydrogens (tertiary/aromatic N) is 1. The molecule has 2 rings (SSSR count). The SMILES string of the molecule is O=C(/C=C/C(=O)ON1CCCCC1)OCc1ccccc1. The Kier molecular flexibility index (Phi) is 5.97. The van der Waals surface area contributed by atoms with Gasteiger partial charge in [0.1, 0.15) is 6.61 Å². The molecule has 0 N–H and O–H groups in total. The van der Waals surface area contributed by atoms with Gasteiger partial charge in [-0.2, -0.15) is 0 Å². The van der Waals surface area contributed by atoms with Gasteiger partial charge in [0.05, 0.1) is 0 Å². The van der Waals surface area contributed by atoms with Crippen LogP contribution in [0.5, 0.6) is 0 Å². The average molecular weight is 289 g/mol. The van der Waals surface area contributed by atoms with Gasteiger partial charge >= 0.3 is 11.9 Å². The lowest BCUT2D eigenvalue weighted by atomic mass is 10.2. The average Bonchev–Trinajstić information content (AvgIpc) is 2.53. The van der Waals surface area contributed by atoms with Crippen molar-refractivity contribution in [2.24, 2.45) is 0 Å². The van der Waals surface area contributed by atoms with Crippen LogP contribution in [0.25, 0.3) is 0 Å². The number of rotatable bonds is 5. The smallest absolute Gasteiger partial charge is 0.349 e. The van der Waals surface area contributed by atoms with E-state index in [0.29, 0.717) is 0 Å². The number of carbonyl (C=O) groups is 2. The molecule has 0 amide bonds. The van der Waals surface area contributed by atoms with E-state index in [4.69, 9.17) is 9.57 Å². The van der Waals surface area contributed by atoms with Gasteiger partial charge in [-0.15, -0.1) is 5.06 Å². The van der Waals surface area contributed by atoms with E-state index in [0.717, 1.165) is 50.1 Å². The van der Waals surface area contributed by atoms with Gasteiger partial charge in [-0.25, -0.2) is 9.59 Å². The fourth-order valence-corrected chi connectivity index (χ4v) is 2.03. The van der Waals surface area contributed by atoms with Gasteiger partial charge in [0.2, 0.25) is 0 Å². The Morgan fingerprint density at radius 1 is 1.00 bits per heavy atom. The fourth-order valence-electron chi connectivity index (χ4n) is 2.03. The van der Waals surface area contributed by atoms with Crippen molar-refractivity contribution >= 4 is 11.9 Å². The lowest BCUT2D eigenvalue weighted by molar-refractivity contribution is -0.188. The lowest BCUT2D eigenvalue weighted by Gasteiger charge is -2.23. The van der Waals surface area contributed by atoms with Gasteiger partial charge in [0, 0.05) is 25.2 Å². The van der Waals surface area contributed by atoms with Gasteiger partial charge < -0.3 is 9.57 Å². The van der Waals surface area contributed by atoms with E-state index in [1.165, 1.54) is 0 Å². The Bertz CT molecular complexity index is 492. The largest absolute Gasteiger partial charge is 0.458 e. The van der Waals surface area contributed by atoms with Crippen LogP contribution in [0.15, 0.2) is 42.5 Å². The second-order valence-electron chi connectivity index (χ2n) is 4.83. The van der Waals surface area contributed by atoms with E-state index in [2.05, 4.69) is 0 Å². The summed E-state index contributed by atoms with van der Waals surface area (Å²) in [5.74, 6) is -1.11. The van der Waals surface area contributed by atoms with Crippen molar-refractivity contribution in [3.63, 3.8) is 0 Å². The molecule has 1 aromatic carbocycles. The maximum atomic E-state index is 11.5. The first-order chi connectivity index (χ1) is 10.2. The molecule has 0 aromatic heterocycles. The Labute approximate surface area is 124 Å². The van der Waals surface area contributed by atoms with Crippen molar-refractivity contribution in [3.05, 3.63) is 48.0 Å². The number of benzene rings is 1. The summed E-state index contributed by atoms with van der Waals surface area (Å²) < 4.78 is 5.02. The van der Waals surface area contributed by atoms with E-state index >= 15 is 0 Å². The van der Waals surface area contributed by atoms with E-state index in [1.807, 2.05) is 30.3 Å². The highest BCUT2D eigenvalue weighted by Gasteiger charge is 2.13. The highest BCUT2D eigenvalue weighted by atomic mass is 16.7. The van der Waals surface area contributed by atoms with Crippen LogP contribution in [0.2, 0.25) is 0 Å². The van der Waals surface area contributed by atoms with Gasteiger partial charge in [0.25, 0.3) is 0 Å². The molecule has 1 aliphatic rings. The number of hydroxylamine groups is 2. The van der Waals surface area contributed by atoms with Crippen LogP contribution < -0.4 is 0 Å². The van der Waals surface area contributed by atoms with Crippen LogP contribution in [-0.4, -0.2) is 30.1 Å². The first-order valence-electron chi connectivity index (χ1n) is 7.10. The molecular formula is C16H19NO4. The summed E-state index contributed by atoms with van der Waals surface area (Å²) >= 11 is 0. The van der Waals surface area contributed by atoms with Crippen LogP contribution in [0, 0.1) is 0 Å². The standard InChI is InChI=1S/C16H19NO4/c18-15(20-13-14-7-3-1-4-8-14)9-10-16(19)21-17-11-5-2-6-12-17/h1,3-4,7-10H,2,5-6,11-13H2/b10-9+. The summed E-state index contributed by atoms with van der Waals surface area (Å²) in [5, 5.41) is 1.63. The van der Waals surface area contributed by atoms with Gasteiger partial charge in [-0.05, 0) is 18.4 Å². The molecule has 112 valence electrons. The van der Waals surface area contributed by atoms with E-state index < -0.39 is 11.9 Å². The third-order valence-corrected chi connectivity index (χ3v) is 3.11. The highest BCUT2D eigenvalue weighted by molar-refractivity contribution is 5.91. The summed E-state index contributed by atoms with van der Waals surface area (Å²) in [5.41, 5.74) is 0.898. The zero-order valence-corrected chi connectivity index (χ0v) is 11.9. The predicted octanol–water partition coefficient (Wildman–Crippen LogP) is 2.23. The third kappa shape index (κ3) is 5.79. The zero-order chi connectivity index (χ0) is 14.9. The first-order valence-corrected chi connectivity index (χ1v) is 7.10. The van der Waals surface area contributed by atoms with Crippen molar-refractivity contribution in [1.29, 1.82) is 0 Å². The minimum absolute atomic E-state index is 0.186. The molecule has 5 heteroatoms. The molecular weight excluding hydrogens is 270 g/mol. The quantitative estimate of drug-likeness (QED) is 0.614. The van der Waals surface area contributed by atoms with Crippen LogP contribution >= 0.6 is 0 Å². The van der Waals surface area contributed by atoms with Crippen molar-refractivity contribution in [1.82, 2.24) is 5.06 Å². The lowest BCUT2D eigenvalue weighted by Crippen LogP contribution is -2.31. The Morgan fingerprint density at radius 2 is 1.67 bits per heavy atom. The Hall–Kier alpha value is -2.14. The maximum absolute atomic E-state index is 11.5. The van der Waals surface area contributed by atoms with Gasteiger partial charge in [-0.1, -0.05) is 36.8 Å². The minimum Gasteiger partial charge on any atom is -0.458 e. The summed E-state index contributed by atoms with van der Waals surface area (Å²) in [7, 11) is 0. The molecule has 1 fully saturated rings. The van der Waals surface area contributed by atoms with Crippen LogP contribution in [-0.2, 0) is 25.8 Å². The van der Waals surface area contributed by atoms with Gasteiger partial charge in [0.15, 0.2) is 0 Å². The third-order valence-electron chi connectivity index (χ3n) is 3.11. The van der Waals surface area contributed by atoms with Crippen molar-refractivity contribution in [3.8, 4) is 0 Å². The molecule has 1 saturated heterocycles. The van der Waals surface area contributed by atoms with Gasteiger partial charge in [-0.3, -0.25) is 0 Å². The molecule has 5 nitrogen and oxygen atoms in total. The fraction of sp³-hybridized carbons (Fsp3) is 0.375. The highest BCUT2D eigenvalue weighted by Crippen LogP contribution is 2.09. The zero-order valence-electron chi connectivity index (χ0n) is 11.9. The number of piperidine rings is 1. The molecule has 0 saturated carbocycles. The van der Waals surface area contributed by atoms with Crippen LogP contribution in [0.3, 0.4) is 0 Å². The molecule has 0 radical (unpaired) electrons. The molecule has 0 unspecified atom stereocenters. The minimum atomic E-state index is -0.561. The second kappa shape index (κ2) is 8.21. The van der Waals surface area contributed by atoms with Crippen molar-refractivity contribution < 1.29 is 19.2 Å². The molecule has 0 bridgehead atoms. The topological polar surface area (TPSA) is 55.8 Å². The number of hydrogen-bond donors (Lipinski definition) is 0. The number of carbonyl (C=O) groups excluding carboxylic acids is 2. The molecule has 0 spiro atoms. The van der Waals surface area contributed by atoms with Crippen LogP contribution in [0.4, 0.5) is 0 Å². The maximum Gasteiger partial charge on any atom is 0.349 e. The number of hydrogen-bond acceptors (Lipinski definition) is 5. The molecule has 1 heterocycles. The summed E-state index contributed by atoms with van der Waals surface area (Å²) in [6.45, 7) is 1.68.